The molecule has 2 rings (SSSR count). The molecule has 2 heterocycles. The fourth-order valence-corrected chi connectivity index (χ4v) is 1.66. The number of ether oxygens (including phenoxy) is 1. The Labute approximate surface area is 112 Å². The van der Waals surface area contributed by atoms with E-state index in [2.05, 4.69) is 0 Å². The van der Waals surface area contributed by atoms with E-state index in [9.17, 15) is 4.79 Å². The largest absolute Gasteiger partial charge is 1.00 e. The van der Waals surface area contributed by atoms with Crippen LogP contribution in [0.5, 0.6) is 0 Å². The molecule has 88 valence electrons. The fourth-order valence-electron chi connectivity index (χ4n) is 1.66. The molecule has 5 heteroatoms. The van der Waals surface area contributed by atoms with Crippen LogP contribution in [-0.4, -0.2) is 37.1 Å². The molecular weight excluding hydrogens is 319 g/mol. The van der Waals surface area contributed by atoms with Gasteiger partial charge in [-0.25, -0.2) is 4.57 Å². The number of rotatable bonds is 1. The van der Waals surface area contributed by atoms with E-state index in [0.717, 1.165) is 5.56 Å². The summed E-state index contributed by atoms with van der Waals surface area (Å²) in [6.45, 7) is 2.67. The molecule has 1 aliphatic rings. The molecule has 0 bridgehead atoms. The summed E-state index contributed by atoms with van der Waals surface area (Å²) >= 11 is 0. The van der Waals surface area contributed by atoms with Crippen LogP contribution < -0.4 is 28.5 Å². The molecular formula is C11H15IN2O2. The number of hydrogen-bond donors (Lipinski definition) is 0. The third-order valence-corrected chi connectivity index (χ3v) is 2.48. The Kier molecular flexibility index (Phi) is 5.14. The van der Waals surface area contributed by atoms with E-state index >= 15 is 0 Å². The van der Waals surface area contributed by atoms with Crippen molar-refractivity contribution in [2.24, 2.45) is 7.05 Å². The lowest BCUT2D eigenvalue weighted by Gasteiger charge is -2.26. The zero-order chi connectivity index (χ0) is 10.7. The van der Waals surface area contributed by atoms with Crippen LogP contribution >= 0.6 is 0 Å². The topological polar surface area (TPSA) is 33.4 Å². The summed E-state index contributed by atoms with van der Waals surface area (Å²) in [6, 6.07) is 3.73. The Balaban J connectivity index is 0.00000128. The average molecular weight is 334 g/mol. The predicted octanol–water partition coefficient (Wildman–Crippen LogP) is -3.01. The Bertz CT molecular complexity index is 365. The molecule has 0 saturated carbocycles. The lowest BCUT2D eigenvalue weighted by atomic mass is 10.2. The highest BCUT2D eigenvalue weighted by Crippen LogP contribution is 2.04. The van der Waals surface area contributed by atoms with Crippen molar-refractivity contribution in [1.82, 2.24) is 4.90 Å². The summed E-state index contributed by atoms with van der Waals surface area (Å²) in [5, 5.41) is 0. The smallest absolute Gasteiger partial charge is 0.260 e. The maximum Gasteiger partial charge on any atom is 0.260 e. The summed E-state index contributed by atoms with van der Waals surface area (Å²) < 4.78 is 7.09. The van der Waals surface area contributed by atoms with Crippen molar-refractivity contribution in [3.05, 3.63) is 30.1 Å². The molecule has 1 saturated heterocycles. The van der Waals surface area contributed by atoms with Gasteiger partial charge < -0.3 is 33.6 Å². The van der Waals surface area contributed by atoms with Crippen molar-refractivity contribution in [1.29, 1.82) is 0 Å². The van der Waals surface area contributed by atoms with Crippen LogP contribution in [0.3, 0.4) is 0 Å². The van der Waals surface area contributed by atoms with Crippen LogP contribution in [0.1, 0.15) is 10.4 Å². The van der Waals surface area contributed by atoms with E-state index in [1.807, 2.05) is 41.0 Å². The second-order valence-electron chi connectivity index (χ2n) is 3.66. The number of hydrogen-bond acceptors (Lipinski definition) is 2. The molecule has 0 atom stereocenters. The van der Waals surface area contributed by atoms with Gasteiger partial charge in [0.15, 0.2) is 12.4 Å². The van der Waals surface area contributed by atoms with Gasteiger partial charge in [-0.3, -0.25) is 4.79 Å². The van der Waals surface area contributed by atoms with E-state index in [4.69, 9.17) is 4.74 Å². The Morgan fingerprint density at radius 1 is 1.44 bits per heavy atom. The van der Waals surface area contributed by atoms with Gasteiger partial charge in [-0.05, 0) is 6.07 Å². The Hall–Kier alpha value is -0.690. The third-order valence-electron chi connectivity index (χ3n) is 2.48. The number of halogens is 1. The number of carbonyl (C=O) groups is 1. The highest BCUT2D eigenvalue weighted by molar-refractivity contribution is 5.93. The number of aromatic nitrogens is 1. The van der Waals surface area contributed by atoms with Gasteiger partial charge in [0.25, 0.3) is 5.91 Å². The zero-order valence-corrected chi connectivity index (χ0v) is 11.4. The molecule has 0 radical (unpaired) electrons. The van der Waals surface area contributed by atoms with E-state index in [0.29, 0.717) is 26.3 Å². The van der Waals surface area contributed by atoms with Crippen molar-refractivity contribution >= 4 is 5.91 Å². The number of pyridine rings is 1. The quantitative estimate of drug-likeness (QED) is 0.405. The summed E-state index contributed by atoms with van der Waals surface area (Å²) in [6.07, 6.45) is 3.76. The van der Waals surface area contributed by atoms with Crippen LogP contribution in [0, 0.1) is 0 Å². The van der Waals surface area contributed by atoms with Crippen LogP contribution in [0.2, 0.25) is 0 Å². The van der Waals surface area contributed by atoms with Gasteiger partial charge in [0.1, 0.15) is 12.6 Å². The maximum absolute atomic E-state index is 12.0. The second-order valence-corrected chi connectivity index (χ2v) is 3.66. The molecule has 1 aliphatic heterocycles. The Morgan fingerprint density at radius 2 is 2.12 bits per heavy atom. The molecule has 0 aromatic carbocycles. The number of nitrogens with zero attached hydrogens (tertiary/aromatic N) is 2. The highest BCUT2D eigenvalue weighted by Gasteiger charge is 2.19. The van der Waals surface area contributed by atoms with E-state index < -0.39 is 0 Å². The second kappa shape index (κ2) is 6.15. The summed E-state index contributed by atoms with van der Waals surface area (Å²) in [5.74, 6) is 0.0921. The van der Waals surface area contributed by atoms with E-state index in [1.54, 1.807) is 0 Å². The molecule has 1 fully saturated rings. The molecule has 1 aromatic rings. The molecule has 16 heavy (non-hydrogen) atoms. The first-order valence-corrected chi connectivity index (χ1v) is 5.10. The van der Waals surface area contributed by atoms with Gasteiger partial charge in [-0.15, -0.1) is 0 Å². The SMILES string of the molecule is C[n+]1cccc(C(=O)N2CCOCC2)c1.[I-]. The van der Waals surface area contributed by atoms with Gasteiger partial charge in [-0.2, -0.15) is 0 Å². The summed E-state index contributed by atoms with van der Waals surface area (Å²) in [4.78, 5) is 13.8. The van der Waals surface area contributed by atoms with Crippen molar-refractivity contribution in [3.63, 3.8) is 0 Å². The first-order valence-electron chi connectivity index (χ1n) is 5.10. The molecule has 1 aromatic heterocycles. The number of amides is 1. The third kappa shape index (κ3) is 3.15. The van der Waals surface area contributed by atoms with Crippen molar-refractivity contribution in [3.8, 4) is 0 Å². The monoisotopic (exact) mass is 334 g/mol. The van der Waals surface area contributed by atoms with Gasteiger partial charge in [0.2, 0.25) is 0 Å². The lowest BCUT2D eigenvalue weighted by Crippen LogP contribution is -3.00. The lowest BCUT2D eigenvalue weighted by molar-refractivity contribution is -0.671. The van der Waals surface area contributed by atoms with Crippen LogP contribution in [0.15, 0.2) is 24.5 Å². The zero-order valence-electron chi connectivity index (χ0n) is 9.23. The fraction of sp³-hybridized carbons (Fsp3) is 0.455. The number of aryl methyl sites for hydroxylation is 1. The molecule has 1 amide bonds. The first kappa shape index (κ1) is 13.4. The van der Waals surface area contributed by atoms with Crippen molar-refractivity contribution < 1.29 is 38.1 Å². The van der Waals surface area contributed by atoms with Gasteiger partial charge in [0.05, 0.1) is 13.2 Å². The van der Waals surface area contributed by atoms with Crippen molar-refractivity contribution in [2.75, 3.05) is 26.3 Å². The van der Waals surface area contributed by atoms with E-state index in [-0.39, 0.29) is 29.9 Å². The summed E-state index contributed by atoms with van der Waals surface area (Å²) in [5.41, 5.74) is 0.738. The normalized spacial score (nSPS) is 15.4. The average Bonchev–Trinajstić information content (AvgIpc) is 2.29. The van der Waals surface area contributed by atoms with Crippen LogP contribution in [-0.2, 0) is 11.8 Å². The molecule has 0 spiro atoms. The molecule has 4 nitrogen and oxygen atoms in total. The predicted molar refractivity (Wildman–Crippen MR) is 54.3 cm³/mol. The molecule has 0 aliphatic carbocycles. The minimum absolute atomic E-state index is 0. The van der Waals surface area contributed by atoms with Crippen molar-refractivity contribution in [2.45, 2.75) is 0 Å². The Morgan fingerprint density at radius 3 is 2.75 bits per heavy atom. The maximum atomic E-state index is 12.0. The van der Waals surface area contributed by atoms with E-state index in [1.165, 1.54) is 0 Å². The van der Waals surface area contributed by atoms with Gasteiger partial charge in [0, 0.05) is 19.2 Å². The molecule has 0 N–H and O–H groups in total. The minimum atomic E-state index is 0. The number of morpholine rings is 1. The number of carbonyl (C=O) groups excluding carboxylic acids is 1. The van der Waals surface area contributed by atoms with Gasteiger partial charge in [-0.1, -0.05) is 0 Å². The van der Waals surface area contributed by atoms with Gasteiger partial charge >= 0.3 is 0 Å². The minimum Gasteiger partial charge on any atom is -1.00 e. The van der Waals surface area contributed by atoms with Crippen LogP contribution in [0.4, 0.5) is 0 Å². The molecule has 0 unspecified atom stereocenters. The highest BCUT2D eigenvalue weighted by atomic mass is 127. The first-order chi connectivity index (χ1) is 7.27. The standard InChI is InChI=1S/C11H15N2O2.HI/c1-12-4-2-3-10(9-12)11(14)13-5-7-15-8-6-13;/h2-4,9H,5-8H2,1H3;1H/q+1;/p-1. The summed E-state index contributed by atoms with van der Waals surface area (Å²) in [7, 11) is 1.91. The van der Waals surface area contributed by atoms with Crippen LogP contribution in [0.25, 0.3) is 0 Å².